The minimum Gasteiger partial charge on any atom is -0.444 e. The van der Waals surface area contributed by atoms with Crippen molar-refractivity contribution in [1.29, 1.82) is 0 Å². The Morgan fingerprint density at radius 3 is 2.24 bits per heavy atom. The molecule has 1 aromatic carbocycles. The molecule has 16 nitrogen and oxygen atoms in total. The maximum absolute atomic E-state index is 12.4. The Labute approximate surface area is 234 Å². The van der Waals surface area contributed by atoms with Crippen molar-refractivity contribution < 1.29 is 55.2 Å². The van der Waals surface area contributed by atoms with Crippen LogP contribution in [-0.4, -0.2) is 132 Å². The van der Waals surface area contributed by atoms with E-state index in [9.17, 15) is 45.3 Å². The van der Waals surface area contributed by atoms with Crippen molar-refractivity contribution in [2.45, 2.75) is 73.6 Å². The Morgan fingerprint density at radius 1 is 1.05 bits per heavy atom. The van der Waals surface area contributed by atoms with Gasteiger partial charge in [0.05, 0.1) is 25.4 Å². The highest BCUT2D eigenvalue weighted by molar-refractivity contribution is 6.07. The lowest BCUT2D eigenvalue weighted by atomic mass is 9.82. The Kier molecular flexibility index (Phi) is 10.7. The summed E-state index contributed by atoms with van der Waals surface area (Å²) in [5, 5.41) is 85.7. The lowest BCUT2D eigenvalue weighted by Gasteiger charge is -2.35. The van der Waals surface area contributed by atoms with Crippen molar-refractivity contribution in [2.75, 3.05) is 19.8 Å². The molecule has 1 aromatic rings. The molecule has 12 N–H and O–H groups in total. The summed E-state index contributed by atoms with van der Waals surface area (Å²) >= 11 is 0. The molecular weight excluding hydrogens is 546 g/mol. The van der Waals surface area contributed by atoms with Crippen LogP contribution in [-0.2, 0) is 9.53 Å². The number of aliphatic hydroxyl groups is 8. The number of ether oxygens (including phenoxy) is 1. The number of carbonyl (C=O) groups excluding carboxylic acids is 2. The summed E-state index contributed by atoms with van der Waals surface area (Å²) in [5.74, 6) is -4.17. The summed E-state index contributed by atoms with van der Waals surface area (Å²) in [6, 6.07) is 7.28. The molecule has 0 radical (unpaired) electrons. The molecular formula is C25H37N5O11. The van der Waals surface area contributed by atoms with Crippen molar-refractivity contribution in [3.05, 3.63) is 35.9 Å². The second kappa shape index (κ2) is 13.6. The average molecular weight is 584 g/mol. The molecule has 8 unspecified atom stereocenters. The topological polar surface area (TPSA) is 280 Å². The number of nitrogens with one attached hydrogen (secondary N) is 2. The number of aliphatic hydroxyl groups excluding tert-OH is 7. The van der Waals surface area contributed by atoms with Crippen molar-refractivity contribution in [3.63, 3.8) is 0 Å². The number of benzene rings is 1. The van der Waals surface area contributed by atoms with Crippen LogP contribution >= 0.6 is 0 Å². The largest absolute Gasteiger partial charge is 0.444 e. The van der Waals surface area contributed by atoms with Gasteiger partial charge in [-0.15, -0.1) is 0 Å². The van der Waals surface area contributed by atoms with E-state index in [0.717, 1.165) is 0 Å². The normalized spacial score (nSPS) is 28.0. The highest BCUT2D eigenvalue weighted by atomic mass is 16.7. The van der Waals surface area contributed by atoms with Crippen molar-refractivity contribution in [3.8, 4) is 0 Å². The van der Waals surface area contributed by atoms with Crippen LogP contribution < -0.4 is 16.4 Å². The SMILES string of the molecule is NC(=O)C(CCCN=C1N=C2OC(O)(CC(O)C(O)CO)C(O)C2(CC(O)C(O)CO)N1)NC(=O)c1ccccc1. The standard InChI is InChI=1S/C25H37N5O11/c26-19(37)14(28-20(38)13-5-2-1-3-6-13)7-4-8-27-23-29-22-24(30-23,9-15(33)17(35)11-31)21(39)25(40,41-22)10-16(34)18(36)12-32/h1-3,5-6,14-18,21,31-36,39-40H,4,7-12H2,(H2,26,37)(H,27,30)(H,28,38). The maximum atomic E-state index is 12.4. The van der Waals surface area contributed by atoms with Crippen LogP contribution in [0.15, 0.2) is 40.3 Å². The van der Waals surface area contributed by atoms with Crippen molar-refractivity contribution in [2.24, 2.45) is 15.7 Å². The Balaban J connectivity index is 1.71. The van der Waals surface area contributed by atoms with E-state index in [1.165, 1.54) is 0 Å². The van der Waals surface area contributed by atoms with Gasteiger partial charge in [0.1, 0.15) is 18.2 Å². The summed E-state index contributed by atoms with van der Waals surface area (Å²) in [7, 11) is 0. The molecule has 0 spiro atoms. The molecule has 8 atom stereocenters. The number of rotatable bonds is 15. The minimum atomic E-state index is -2.53. The van der Waals surface area contributed by atoms with Crippen LogP contribution in [0.2, 0.25) is 0 Å². The fourth-order valence-corrected chi connectivity index (χ4v) is 4.60. The Hall–Kier alpha value is -3.22. The molecule has 228 valence electrons. The van der Waals surface area contributed by atoms with E-state index >= 15 is 0 Å². The number of aliphatic imine (C=N–C) groups is 2. The molecule has 0 saturated carbocycles. The van der Waals surface area contributed by atoms with E-state index in [1.54, 1.807) is 30.3 Å². The number of nitrogens with two attached hydrogens (primary N) is 1. The number of nitrogens with zero attached hydrogens (tertiary/aromatic N) is 2. The second-order valence-corrected chi connectivity index (χ2v) is 10.0. The zero-order chi connectivity index (χ0) is 30.4. The van der Waals surface area contributed by atoms with Crippen LogP contribution in [0.1, 0.15) is 36.0 Å². The van der Waals surface area contributed by atoms with E-state index in [2.05, 4.69) is 20.6 Å². The van der Waals surface area contributed by atoms with Crippen LogP contribution in [0.3, 0.4) is 0 Å². The lowest BCUT2D eigenvalue weighted by Crippen LogP contribution is -2.61. The van der Waals surface area contributed by atoms with Gasteiger partial charge in [-0.1, -0.05) is 18.2 Å². The quantitative estimate of drug-likeness (QED) is 0.0871. The highest BCUT2D eigenvalue weighted by Crippen LogP contribution is 2.42. The summed E-state index contributed by atoms with van der Waals surface area (Å²) in [4.78, 5) is 32.6. The molecule has 2 amide bonds. The third-order valence-corrected chi connectivity index (χ3v) is 6.98. The molecule has 3 rings (SSSR count). The third-order valence-electron chi connectivity index (χ3n) is 6.98. The van der Waals surface area contributed by atoms with Crippen LogP contribution in [0.25, 0.3) is 0 Å². The summed E-state index contributed by atoms with van der Waals surface area (Å²) in [6.45, 7) is -1.58. The number of amides is 2. The molecule has 0 aliphatic carbocycles. The molecule has 0 bridgehead atoms. The number of guanidine groups is 1. The summed E-state index contributed by atoms with van der Waals surface area (Å²) in [5.41, 5.74) is 3.93. The molecule has 41 heavy (non-hydrogen) atoms. The van der Waals surface area contributed by atoms with Crippen LogP contribution in [0.5, 0.6) is 0 Å². The smallest absolute Gasteiger partial charge is 0.251 e. The van der Waals surface area contributed by atoms with Gasteiger partial charge in [-0.3, -0.25) is 14.6 Å². The Bertz CT molecular complexity index is 1120. The second-order valence-electron chi connectivity index (χ2n) is 10.0. The van der Waals surface area contributed by atoms with E-state index in [-0.39, 0.29) is 31.2 Å². The molecule has 2 heterocycles. The number of carbonyl (C=O) groups is 2. The van der Waals surface area contributed by atoms with Crippen LogP contribution in [0, 0.1) is 0 Å². The van der Waals surface area contributed by atoms with E-state index in [4.69, 9.17) is 15.6 Å². The van der Waals surface area contributed by atoms with Gasteiger partial charge in [0, 0.05) is 24.9 Å². The first kappa shape index (κ1) is 32.3. The number of primary amides is 1. The maximum Gasteiger partial charge on any atom is 0.251 e. The predicted octanol–water partition coefficient (Wildman–Crippen LogP) is -4.56. The molecule has 0 aromatic heterocycles. The monoisotopic (exact) mass is 583 g/mol. The van der Waals surface area contributed by atoms with Gasteiger partial charge in [-0.05, 0) is 25.0 Å². The number of hydrogen-bond acceptors (Lipinski definition) is 12. The first-order chi connectivity index (χ1) is 19.4. The van der Waals surface area contributed by atoms with Gasteiger partial charge in [-0.25, -0.2) is 0 Å². The van der Waals surface area contributed by atoms with Gasteiger partial charge in [0.25, 0.3) is 5.91 Å². The third kappa shape index (κ3) is 7.35. The molecule has 1 fully saturated rings. The van der Waals surface area contributed by atoms with E-state index < -0.39 is 85.8 Å². The van der Waals surface area contributed by atoms with Gasteiger partial charge >= 0.3 is 0 Å². The molecule has 16 heteroatoms. The first-order valence-electron chi connectivity index (χ1n) is 13.0. The number of fused-ring (bicyclic) bond motifs is 1. The highest BCUT2D eigenvalue weighted by Gasteiger charge is 2.66. The van der Waals surface area contributed by atoms with Gasteiger partial charge in [0.2, 0.25) is 23.6 Å². The fraction of sp³-hybridized carbons (Fsp3) is 0.600. The zero-order valence-corrected chi connectivity index (χ0v) is 22.1. The average Bonchev–Trinajstić information content (AvgIpc) is 3.38. The van der Waals surface area contributed by atoms with Gasteiger partial charge < -0.3 is 62.0 Å². The molecule has 1 saturated heterocycles. The Morgan fingerprint density at radius 2 is 1.66 bits per heavy atom. The minimum absolute atomic E-state index is 0.0593. The van der Waals surface area contributed by atoms with E-state index in [0.29, 0.717) is 5.56 Å². The zero-order valence-electron chi connectivity index (χ0n) is 22.1. The van der Waals surface area contributed by atoms with Crippen molar-refractivity contribution >= 4 is 23.7 Å². The fourth-order valence-electron chi connectivity index (χ4n) is 4.60. The van der Waals surface area contributed by atoms with Crippen LogP contribution in [0.4, 0.5) is 0 Å². The molecule has 2 aliphatic heterocycles. The predicted molar refractivity (Wildman–Crippen MR) is 141 cm³/mol. The van der Waals surface area contributed by atoms with Gasteiger partial charge in [0.15, 0.2) is 11.6 Å². The number of hydrogen-bond donors (Lipinski definition) is 11. The molecule has 2 aliphatic rings. The summed E-state index contributed by atoms with van der Waals surface area (Å²) in [6.07, 6.45) is -9.43. The van der Waals surface area contributed by atoms with E-state index in [1.807, 2.05) is 0 Å². The lowest BCUT2D eigenvalue weighted by molar-refractivity contribution is -0.220. The van der Waals surface area contributed by atoms with Gasteiger partial charge in [-0.2, -0.15) is 4.99 Å². The summed E-state index contributed by atoms with van der Waals surface area (Å²) < 4.78 is 5.46. The van der Waals surface area contributed by atoms with Crippen molar-refractivity contribution in [1.82, 2.24) is 10.6 Å². The first-order valence-corrected chi connectivity index (χ1v) is 13.0.